The summed E-state index contributed by atoms with van der Waals surface area (Å²) in [5.74, 6) is -0.602. The number of aliphatic hydroxyl groups is 4. The van der Waals surface area contributed by atoms with Crippen LogP contribution in [0.25, 0.3) is 0 Å². The molecule has 6 heteroatoms. The van der Waals surface area contributed by atoms with E-state index < -0.39 is 36.9 Å². The third-order valence-electron chi connectivity index (χ3n) is 11.3. The molecule has 58 heavy (non-hydrogen) atoms. The molecule has 0 aliphatic carbocycles. The highest BCUT2D eigenvalue weighted by atomic mass is 16.3. The maximum Gasteiger partial charge on any atom is 0.249 e. The molecule has 0 aromatic heterocycles. The summed E-state index contributed by atoms with van der Waals surface area (Å²) in [4.78, 5) is 12.5. The van der Waals surface area contributed by atoms with E-state index in [0.717, 1.165) is 57.8 Å². The van der Waals surface area contributed by atoms with Crippen LogP contribution in [-0.4, -0.2) is 57.3 Å². The van der Waals surface area contributed by atoms with E-state index >= 15 is 0 Å². The predicted octanol–water partition coefficient (Wildman–Crippen LogP) is 13.6. The lowest BCUT2D eigenvalue weighted by molar-refractivity contribution is -0.132. The van der Waals surface area contributed by atoms with Gasteiger partial charge in [-0.15, -0.1) is 0 Å². The van der Waals surface area contributed by atoms with Crippen molar-refractivity contribution in [2.45, 2.75) is 257 Å². The molecule has 0 saturated carbocycles. The van der Waals surface area contributed by atoms with Crippen LogP contribution in [0.2, 0.25) is 0 Å². The van der Waals surface area contributed by atoms with Gasteiger partial charge in [0.05, 0.1) is 18.8 Å². The summed E-state index contributed by atoms with van der Waals surface area (Å²) < 4.78 is 0. The van der Waals surface area contributed by atoms with Crippen molar-refractivity contribution in [3.8, 4) is 0 Å². The highest BCUT2D eigenvalue weighted by molar-refractivity contribution is 5.80. The van der Waals surface area contributed by atoms with Crippen molar-refractivity contribution >= 4 is 5.91 Å². The Balaban J connectivity index is 3.65. The first-order chi connectivity index (χ1) is 28.5. The van der Waals surface area contributed by atoms with Gasteiger partial charge in [0, 0.05) is 0 Å². The molecular weight excluding hydrogens is 719 g/mol. The summed E-state index contributed by atoms with van der Waals surface area (Å²) in [6.45, 7) is 3.82. The first kappa shape index (κ1) is 56.0. The van der Waals surface area contributed by atoms with Gasteiger partial charge < -0.3 is 25.7 Å². The summed E-state index contributed by atoms with van der Waals surface area (Å²) in [7, 11) is 0. The van der Waals surface area contributed by atoms with Gasteiger partial charge in [0.1, 0.15) is 12.2 Å². The molecule has 0 saturated heterocycles. The van der Waals surface area contributed by atoms with E-state index in [1.165, 1.54) is 141 Å². The Labute approximate surface area is 359 Å². The SMILES string of the molecule is C/C=C/CC/C=C/CC/C=C/CCCC(O)C(O)C(CO)NC(=O)C(O)CCCCCCCCCCCCCCCC/C=C\C/C=C\CCCCCCCCCCC. The van der Waals surface area contributed by atoms with Crippen LogP contribution in [0.4, 0.5) is 0 Å². The Morgan fingerprint density at radius 1 is 0.466 bits per heavy atom. The summed E-state index contributed by atoms with van der Waals surface area (Å²) in [5, 5.41) is 43.6. The van der Waals surface area contributed by atoms with Crippen molar-refractivity contribution in [3.05, 3.63) is 60.8 Å². The number of unbranched alkanes of at least 4 members (excludes halogenated alkanes) is 26. The van der Waals surface area contributed by atoms with Crippen LogP contribution in [0.3, 0.4) is 0 Å². The molecule has 0 bridgehead atoms. The quantitative estimate of drug-likeness (QED) is 0.0311. The first-order valence-electron chi connectivity index (χ1n) is 24.6. The van der Waals surface area contributed by atoms with Crippen molar-refractivity contribution in [1.82, 2.24) is 5.32 Å². The van der Waals surface area contributed by atoms with E-state index in [0.29, 0.717) is 19.3 Å². The number of allylic oxidation sites excluding steroid dienone is 10. The van der Waals surface area contributed by atoms with Gasteiger partial charge in [-0.1, -0.05) is 203 Å². The minimum absolute atomic E-state index is 0.356. The van der Waals surface area contributed by atoms with E-state index in [2.05, 4.69) is 73.0 Å². The Bertz CT molecular complexity index is 1000. The van der Waals surface area contributed by atoms with Gasteiger partial charge in [-0.05, 0) is 90.4 Å². The Morgan fingerprint density at radius 3 is 1.29 bits per heavy atom. The Hall–Kier alpha value is -1.99. The molecule has 4 atom stereocenters. The number of amides is 1. The second-order valence-electron chi connectivity index (χ2n) is 16.8. The van der Waals surface area contributed by atoms with E-state index in [4.69, 9.17) is 0 Å². The van der Waals surface area contributed by atoms with E-state index in [9.17, 15) is 25.2 Å². The molecule has 0 aliphatic rings. The molecule has 0 fully saturated rings. The molecule has 4 unspecified atom stereocenters. The molecule has 0 rings (SSSR count). The number of nitrogens with one attached hydrogen (secondary N) is 1. The number of aliphatic hydroxyl groups excluding tert-OH is 4. The average molecular weight is 814 g/mol. The average Bonchev–Trinajstić information content (AvgIpc) is 3.23. The summed E-state index contributed by atoms with van der Waals surface area (Å²) in [5.41, 5.74) is 0. The fraction of sp³-hybridized carbons (Fsp3) is 0.788. The van der Waals surface area contributed by atoms with Crippen molar-refractivity contribution in [1.29, 1.82) is 0 Å². The molecule has 338 valence electrons. The normalized spacial score (nSPS) is 14.5. The van der Waals surface area contributed by atoms with Gasteiger partial charge in [0.2, 0.25) is 5.91 Å². The zero-order valence-electron chi connectivity index (χ0n) is 38.0. The molecule has 6 nitrogen and oxygen atoms in total. The number of hydrogen-bond donors (Lipinski definition) is 5. The zero-order valence-corrected chi connectivity index (χ0v) is 38.0. The van der Waals surface area contributed by atoms with Gasteiger partial charge in [0.25, 0.3) is 0 Å². The third kappa shape index (κ3) is 39.5. The highest BCUT2D eigenvalue weighted by Crippen LogP contribution is 2.16. The van der Waals surface area contributed by atoms with Crippen LogP contribution in [0.15, 0.2) is 60.8 Å². The van der Waals surface area contributed by atoms with E-state index in [1.54, 1.807) is 0 Å². The molecule has 0 heterocycles. The molecule has 0 spiro atoms. The maximum absolute atomic E-state index is 12.5. The molecule has 0 aromatic rings. The molecule has 0 radical (unpaired) electrons. The fourth-order valence-electron chi connectivity index (χ4n) is 7.36. The molecule has 1 amide bonds. The Kier molecular flexibility index (Phi) is 44.5. The molecule has 0 aliphatic heterocycles. The Morgan fingerprint density at radius 2 is 0.845 bits per heavy atom. The van der Waals surface area contributed by atoms with Crippen molar-refractivity contribution < 1.29 is 25.2 Å². The van der Waals surface area contributed by atoms with Gasteiger partial charge in [0.15, 0.2) is 0 Å². The predicted molar refractivity (Wildman–Crippen MR) is 251 cm³/mol. The summed E-state index contributed by atoms with van der Waals surface area (Å²) in [6, 6.07) is -1.01. The van der Waals surface area contributed by atoms with Crippen molar-refractivity contribution in [3.63, 3.8) is 0 Å². The highest BCUT2D eigenvalue weighted by Gasteiger charge is 2.28. The van der Waals surface area contributed by atoms with Crippen LogP contribution in [0.5, 0.6) is 0 Å². The van der Waals surface area contributed by atoms with Crippen LogP contribution in [0.1, 0.15) is 232 Å². The van der Waals surface area contributed by atoms with Crippen LogP contribution in [0, 0.1) is 0 Å². The number of carbonyl (C=O) groups is 1. The number of hydrogen-bond acceptors (Lipinski definition) is 5. The number of rotatable bonds is 44. The minimum Gasteiger partial charge on any atom is -0.394 e. The smallest absolute Gasteiger partial charge is 0.249 e. The van der Waals surface area contributed by atoms with Gasteiger partial charge in [-0.2, -0.15) is 0 Å². The largest absolute Gasteiger partial charge is 0.394 e. The fourth-order valence-corrected chi connectivity index (χ4v) is 7.36. The summed E-state index contributed by atoms with van der Waals surface area (Å²) in [6.07, 6.45) is 58.7. The monoisotopic (exact) mass is 814 g/mol. The standard InChI is InChI=1S/C52H95NO5/c1-3-5-7-9-11-13-15-17-18-19-20-21-22-23-24-25-26-27-28-29-30-31-32-33-34-36-38-40-42-44-46-50(56)52(58)53-48(47-54)51(57)49(55)45-43-41-39-37-35-16-14-12-10-8-6-4-2/h4,6,12,14,20-21,23-24,37,39,48-51,54-57H,3,5,7-11,13,15-19,22,25-36,38,40-47H2,1-2H3,(H,53,58)/b6-4+,14-12+,21-20-,24-23-,39-37+. The third-order valence-corrected chi connectivity index (χ3v) is 11.3. The lowest BCUT2D eigenvalue weighted by Crippen LogP contribution is -2.53. The first-order valence-corrected chi connectivity index (χ1v) is 24.6. The van der Waals surface area contributed by atoms with Crippen LogP contribution < -0.4 is 5.32 Å². The van der Waals surface area contributed by atoms with Crippen molar-refractivity contribution in [2.75, 3.05) is 6.61 Å². The second-order valence-corrected chi connectivity index (χ2v) is 16.8. The van der Waals surface area contributed by atoms with E-state index in [1.807, 2.05) is 6.92 Å². The summed E-state index contributed by atoms with van der Waals surface area (Å²) >= 11 is 0. The zero-order chi connectivity index (χ0) is 42.4. The van der Waals surface area contributed by atoms with Crippen LogP contribution >= 0.6 is 0 Å². The van der Waals surface area contributed by atoms with Crippen LogP contribution in [-0.2, 0) is 4.79 Å². The lowest BCUT2D eigenvalue weighted by atomic mass is 10.00. The molecular formula is C52H95NO5. The molecule has 5 N–H and O–H groups in total. The van der Waals surface area contributed by atoms with Gasteiger partial charge >= 0.3 is 0 Å². The van der Waals surface area contributed by atoms with Gasteiger partial charge in [-0.25, -0.2) is 0 Å². The van der Waals surface area contributed by atoms with Gasteiger partial charge in [-0.3, -0.25) is 4.79 Å². The number of carbonyl (C=O) groups excluding carboxylic acids is 1. The topological polar surface area (TPSA) is 110 Å². The maximum atomic E-state index is 12.5. The molecule has 0 aromatic carbocycles. The second kappa shape index (κ2) is 46.1. The minimum atomic E-state index is -1.29. The van der Waals surface area contributed by atoms with Crippen molar-refractivity contribution in [2.24, 2.45) is 0 Å². The lowest BCUT2D eigenvalue weighted by Gasteiger charge is -2.27. The van der Waals surface area contributed by atoms with E-state index in [-0.39, 0.29) is 0 Å².